The first-order chi connectivity index (χ1) is 54.6. The van der Waals surface area contributed by atoms with Crippen molar-refractivity contribution in [3.8, 4) is 0 Å². The molecule has 0 unspecified atom stereocenters. The van der Waals surface area contributed by atoms with Crippen LogP contribution in [0.15, 0.2) is 140 Å². The minimum absolute atomic E-state index is 0.00606. The van der Waals surface area contributed by atoms with Gasteiger partial charge in [0.05, 0.1) is 17.7 Å². The van der Waals surface area contributed by atoms with Crippen LogP contribution in [0.3, 0.4) is 0 Å². The van der Waals surface area contributed by atoms with Crippen molar-refractivity contribution in [1.82, 2.24) is 66.5 Å². The number of amides is 13. The van der Waals surface area contributed by atoms with Crippen LogP contribution in [0, 0.1) is 5.92 Å². The fraction of sp³-hybridized carbons (Fsp3) is 0.463. The fourth-order valence-corrected chi connectivity index (χ4v) is 13.9. The van der Waals surface area contributed by atoms with Crippen molar-refractivity contribution >= 4 is 99.2 Å². The van der Waals surface area contributed by atoms with Gasteiger partial charge in [-0.15, -0.1) is 0 Å². The van der Waals surface area contributed by atoms with E-state index in [2.05, 4.69) is 46.9 Å². The third-order valence-corrected chi connectivity index (χ3v) is 19.9. The largest absolute Gasteiger partial charge is 0.394 e. The summed E-state index contributed by atoms with van der Waals surface area (Å²) in [6.45, 7) is 8.77. The highest BCUT2D eigenvalue weighted by Gasteiger charge is 2.48. The second-order valence-electron chi connectivity index (χ2n) is 29.2. The van der Waals surface area contributed by atoms with Gasteiger partial charge >= 0.3 is 0 Å². The summed E-state index contributed by atoms with van der Waals surface area (Å²) in [5, 5.41) is 29.9. The normalized spacial score (nSPS) is 15.0. The van der Waals surface area contributed by atoms with E-state index in [1.165, 1.54) is 72.7 Å². The van der Waals surface area contributed by atoms with Gasteiger partial charge in [-0.3, -0.25) is 87.1 Å². The van der Waals surface area contributed by atoms with E-state index >= 15 is 43.2 Å². The van der Waals surface area contributed by atoms with Gasteiger partial charge in [-0.25, -0.2) is 0 Å². The standard InChI is InChI=1S/C82H108ClN17O14/c1-50(2)41-65(79(111)98(51(3)4)69(25-10-13-35-85)81(113)97-40-18-27-67(97)75(107)91-52(5)71(87)103)95-76(108)68(24-9-12-34-84)99(77(109)59-22-16-38-89-47-59)82(114)70(26-11-14-36-86)100(78(110)60-23-17-39-90-48-60)80(112)66(49-101)96-74(106)64(45-56-19-15-37-88-46-56)94-73(105)63(43-54-29-32-61(83)33-30-54)93-72(104)62(92-53(6)102)44-55-28-31-57-20-7-8-21-58(57)42-55/h7-8,15-17,19-23,28-33,37-39,42,46-48,50-52,62-70,101H,9-14,18,24-27,34-36,40-41,43-45,49,84-86H2,1-6H3,(H2,87,103)(H,91,107)(H,92,102)(H,93,104)(H,94,105)(H,95,108)(H,96,106)/t52-,62-,63-,64-,65+,66+,67+,68-,69+,70+/m1/s1. The number of likely N-dealkylation sites (tertiary alicyclic amines) is 1. The molecule has 13 amide bonds. The zero-order valence-electron chi connectivity index (χ0n) is 65.4. The lowest BCUT2D eigenvalue weighted by molar-refractivity contribution is -0.152. The molecule has 10 atom stereocenters. The number of aromatic nitrogens is 3. The first-order valence-electron chi connectivity index (χ1n) is 38.7. The van der Waals surface area contributed by atoms with E-state index in [1.54, 1.807) is 64.1 Å². The van der Waals surface area contributed by atoms with Crippen LogP contribution >= 0.6 is 11.6 Å². The molecule has 15 N–H and O–H groups in total. The number of carbonyl (C=O) groups is 13. The molecule has 6 aromatic rings. The number of unbranched alkanes of at least 4 members (excludes halogenated alkanes) is 3. The molecule has 3 aromatic heterocycles. The Bertz CT molecular complexity index is 4260. The van der Waals surface area contributed by atoms with Crippen LogP contribution < -0.4 is 54.8 Å². The molecule has 612 valence electrons. The Morgan fingerprint density at radius 2 is 1.01 bits per heavy atom. The summed E-state index contributed by atoms with van der Waals surface area (Å²) in [5.74, 6) is -12.7. The summed E-state index contributed by atoms with van der Waals surface area (Å²) in [6, 6.07) is 11.9. The molecule has 4 heterocycles. The summed E-state index contributed by atoms with van der Waals surface area (Å²) in [6.07, 6.45) is 8.25. The zero-order chi connectivity index (χ0) is 83.1. The minimum atomic E-state index is -2.17. The number of rotatable bonds is 43. The molecule has 7 rings (SSSR count). The van der Waals surface area contributed by atoms with Gasteiger partial charge in [-0.05, 0) is 193 Å². The number of nitrogens with zero attached hydrogens (tertiary/aromatic N) is 7. The van der Waals surface area contributed by atoms with E-state index in [0.717, 1.165) is 23.2 Å². The monoisotopic (exact) mass is 1590 g/mol. The third kappa shape index (κ3) is 25.8. The van der Waals surface area contributed by atoms with Gasteiger partial charge in [0.2, 0.25) is 53.2 Å². The second-order valence-corrected chi connectivity index (χ2v) is 29.6. The Morgan fingerprint density at radius 1 is 0.518 bits per heavy atom. The molecule has 1 aliphatic rings. The molecule has 114 heavy (non-hydrogen) atoms. The number of hydrogen-bond donors (Lipinski definition) is 11. The maximum atomic E-state index is 16.6. The van der Waals surface area contributed by atoms with Crippen molar-refractivity contribution in [2.45, 2.75) is 204 Å². The fourth-order valence-electron chi connectivity index (χ4n) is 13.8. The van der Waals surface area contributed by atoms with Crippen LogP contribution in [0.5, 0.6) is 0 Å². The number of aliphatic hydroxyl groups excluding tert-OH is 1. The highest BCUT2D eigenvalue weighted by Crippen LogP contribution is 2.28. The maximum Gasteiger partial charge on any atom is 0.262 e. The van der Waals surface area contributed by atoms with Crippen molar-refractivity contribution in [2.24, 2.45) is 28.9 Å². The van der Waals surface area contributed by atoms with Crippen molar-refractivity contribution in [2.75, 3.05) is 32.8 Å². The van der Waals surface area contributed by atoms with Crippen molar-refractivity contribution in [3.05, 3.63) is 173 Å². The van der Waals surface area contributed by atoms with Gasteiger partial charge in [-0.2, -0.15) is 0 Å². The number of nitrogens with one attached hydrogen (secondary N) is 6. The van der Waals surface area contributed by atoms with Crippen molar-refractivity contribution in [3.63, 3.8) is 0 Å². The Balaban J connectivity index is 1.30. The van der Waals surface area contributed by atoms with Crippen LogP contribution in [0.25, 0.3) is 10.8 Å². The van der Waals surface area contributed by atoms with Crippen molar-refractivity contribution < 1.29 is 67.4 Å². The zero-order valence-corrected chi connectivity index (χ0v) is 66.2. The molecule has 3 aromatic carbocycles. The summed E-state index contributed by atoms with van der Waals surface area (Å²) in [4.78, 5) is 211. The van der Waals surface area contributed by atoms with Gasteiger partial charge in [0.1, 0.15) is 60.4 Å². The molecule has 32 heteroatoms. The van der Waals surface area contributed by atoms with Crippen LogP contribution in [-0.4, -0.2) is 216 Å². The summed E-state index contributed by atoms with van der Waals surface area (Å²) < 4.78 is 0. The van der Waals surface area contributed by atoms with E-state index in [1.807, 2.05) is 42.5 Å². The number of primary amides is 1. The Morgan fingerprint density at radius 3 is 1.52 bits per heavy atom. The molecule has 0 saturated carbocycles. The Kier molecular flexibility index (Phi) is 35.6. The van der Waals surface area contributed by atoms with Crippen LogP contribution in [0.2, 0.25) is 5.02 Å². The van der Waals surface area contributed by atoms with Gasteiger partial charge in [-0.1, -0.05) is 86.1 Å². The smallest absolute Gasteiger partial charge is 0.262 e. The maximum absolute atomic E-state index is 16.6. The van der Waals surface area contributed by atoms with Gasteiger partial charge < -0.3 is 69.7 Å². The number of pyridine rings is 3. The number of imide groups is 2. The molecular weight excluding hydrogens is 1480 g/mol. The SMILES string of the molecule is CC(=O)N[C@H](Cc1ccc2ccccc2c1)C(=O)N[C@H](Cc1ccc(Cl)cc1)C(=O)N[C@H](Cc1cccnc1)C(=O)N[C@@H](CO)C(=O)N(C(=O)c1cccnc1)[C@@H](CCCCN)C(=O)N(C(=O)c1cccnc1)[C@H](CCCCN)C(=O)N[C@@H](CC(C)C)C(=O)N(C(C)C)[C@@H](CCCCN)C(=O)N1CCC[C@H]1C(=O)N[C@H](C)C(N)=O. The number of hydrogen-bond acceptors (Lipinski definition) is 20. The van der Waals surface area contributed by atoms with Crippen molar-refractivity contribution in [1.29, 1.82) is 0 Å². The second kappa shape index (κ2) is 45.0. The number of halogens is 1. The summed E-state index contributed by atoms with van der Waals surface area (Å²) in [7, 11) is 0. The molecule has 0 spiro atoms. The molecule has 1 saturated heterocycles. The highest BCUT2D eigenvalue weighted by molar-refractivity contribution is 6.30. The van der Waals surface area contributed by atoms with E-state index in [0.29, 0.717) is 50.8 Å². The molecule has 0 radical (unpaired) electrons. The van der Waals surface area contributed by atoms with Crippen LogP contribution in [-0.2, 0) is 72.0 Å². The topological polar surface area (TPSA) is 470 Å². The first kappa shape index (κ1) is 90.2. The van der Waals surface area contributed by atoms with E-state index in [9.17, 15) is 24.3 Å². The number of nitrogens with two attached hydrogens (primary N) is 4. The number of aliphatic hydroxyl groups is 1. The first-order valence-corrected chi connectivity index (χ1v) is 39.1. The molecule has 0 aliphatic carbocycles. The molecule has 0 bridgehead atoms. The molecule has 1 fully saturated rings. The van der Waals surface area contributed by atoms with Gasteiger partial charge in [0.15, 0.2) is 0 Å². The van der Waals surface area contributed by atoms with E-state index in [4.69, 9.17) is 34.5 Å². The third-order valence-electron chi connectivity index (χ3n) is 19.6. The highest BCUT2D eigenvalue weighted by atomic mass is 35.5. The quantitative estimate of drug-likeness (QED) is 0.0245. The molecule has 1 aliphatic heterocycles. The summed E-state index contributed by atoms with van der Waals surface area (Å²) in [5.41, 5.74) is 24.6. The van der Waals surface area contributed by atoms with Gasteiger partial charge in [0, 0.05) is 81.0 Å². The average molecular weight is 1590 g/mol. The predicted octanol–water partition coefficient (Wildman–Crippen LogP) is 3.24. The predicted molar refractivity (Wildman–Crippen MR) is 427 cm³/mol. The van der Waals surface area contributed by atoms with E-state index in [-0.39, 0.29) is 114 Å². The Hall–Kier alpha value is -11.0. The number of carbonyl (C=O) groups excluding carboxylic acids is 13. The van der Waals surface area contributed by atoms with E-state index < -0.39 is 156 Å². The van der Waals surface area contributed by atoms with Gasteiger partial charge in [0.25, 0.3) is 23.6 Å². The van der Waals surface area contributed by atoms with Crippen LogP contribution in [0.4, 0.5) is 0 Å². The summed E-state index contributed by atoms with van der Waals surface area (Å²) >= 11 is 6.29. The lowest BCUT2D eigenvalue weighted by atomic mass is 9.97. The number of benzene rings is 3. The lowest BCUT2D eigenvalue weighted by Gasteiger charge is -2.40. The number of fused-ring (bicyclic) bond motifs is 1. The minimum Gasteiger partial charge on any atom is -0.394 e. The molecule has 31 nitrogen and oxygen atoms in total. The van der Waals surface area contributed by atoms with Crippen LogP contribution in [0.1, 0.15) is 156 Å². The lowest BCUT2D eigenvalue weighted by Crippen LogP contribution is -2.64. The molecular formula is C82H108ClN17O14. The Labute approximate surface area is 669 Å². The average Bonchev–Trinajstić information content (AvgIpc) is 0.812.